The number of carbonyl (C=O) groups is 2. The second-order valence-electron chi connectivity index (χ2n) is 8.40. The lowest BCUT2D eigenvalue weighted by Gasteiger charge is -2.43. The molecule has 1 amide bonds. The molecule has 1 aliphatic heterocycles. The summed E-state index contributed by atoms with van der Waals surface area (Å²) in [5.41, 5.74) is -0.287. The number of hydrogen-bond acceptors (Lipinski definition) is 9. The summed E-state index contributed by atoms with van der Waals surface area (Å²) < 4.78 is 35.1. The molecule has 1 aliphatic rings. The Labute approximate surface area is 204 Å². The number of benzene rings is 1. The first kappa shape index (κ1) is 28.9. The number of aromatic hydroxyl groups is 1. The number of unbranched alkanes of at least 4 members (excludes halogenated alkanes) is 5. The molecule has 1 aromatic carbocycles. The number of aliphatic hydroxyl groups is 2. The van der Waals surface area contributed by atoms with Crippen LogP contribution < -0.4 is 5.32 Å². The maximum absolute atomic E-state index is 13.6. The zero-order chi connectivity index (χ0) is 25.8. The zero-order valence-electron chi connectivity index (χ0n) is 20.2. The average molecular weight is 502 g/mol. The molecule has 1 fully saturated rings. The maximum atomic E-state index is 13.6. The molecule has 0 aromatic heterocycles. The van der Waals surface area contributed by atoms with E-state index in [1.54, 1.807) is 0 Å². The molecule has 35 heavy (non-hydrogen) atoms. The van der Waals surface area contributed by atoms with Crippen LogP contribution in [0, 0.1) is 5.82 Å². The number of amides is 1. The predicted molar refractivity (Wildman–Crippen MR) is 122 cm³/mol. The van der Waals surface area contributed by atoms with Crippen molar-refractivity contribution in [1.82, 2.24) is 5.32 Å². The fraction of sp³-hybridized carbons (Fsp3) is 0.667. The van der Waals surface area contributed by atoms with E-state index in [0.29, 0.717) is 12.8 Å². The third-order valence-electron chi connectivity index (χ3n) is 5.91. The second kappa shape index (κ2) is 14.9. The van der Waals surface area contributed by atoms with E-state index in [-0.39, 0.29) is 18.1 Å². The minimum absolute atomic E-state index is 0.208. The van der Waals surface area contributed by atoms with E-state index in [9.17, 15) is 29.3 Å². The van der Waals surface area contributed by atoms with Crippen molar-refractivity contribution in [3.63, 3.8) is 0 Å². The van der Waals surface area contributed by atoms with Crippen molar-refractivity contribution in [2.75, 3.05) is 27.4 Å². The summed E-state index contributed by atoms with van der Waals surface area (Å²) in [4.78, 5) is 23.9. The minimum atomic E-state index is -1.26. The summed E-state index contributed by atoms with van der Waals surface area (Å²) in [5, 5.41) is 32.6. The van der Waals surface area contributed by atoms with Crippen LogP contribution in [0.4, 0.5) is 4.39 Å². The molecule has 0 aliphatic carbocycles. The van der Waals surface area contributed by atoms with Crippen molar-refractivity contribution in [2.45, 2.75) is 75.6 Å². The lowest BCUT2D eigenvalue weighted by atomic mass is 9.96. The van der Waals surface area contributed by atoms with Gasteiger partial charge in [0.2, 0.25) is 0 Å². The summed E-state index contributed by atoms with van der Waals surface area (Å²) in [5.74, 6) is -2.12. The van der Waals surface area contributed by atoms with E-state index in [1.165, 1.54) is 14.2 Å². The Balaban J connectivity index is 1.92. The fourth-order valence-electron chi connectivity index (χ4n) is 3.95. The summed E-state index contributed by atoms with van der Waals surface area (Å²) in [7, 11) is 2.71. The van der Waals surface area contributed by atoms with Gasteiger partial charge in [-0.1, -0.05) is 25.7 Å². The molecule has 198 valence electrons. The lowest BCUT2D eigenvalue weighted by Crippen LogP contribution is -2.65. The molecule has 0 spiro atoms. The lowest BCUT2D eigenvalue weighted by molar-refractivity contribution is -0.273. The molecule has 11 heteroatoms. The largest absolute Gasteiger partial charge is 0.507 e. The molecule has 5 atom stereocenters. The highest BCUT2D eigenvalue weighted by Gasteiger charge is 2.46. The molecule has 1 heterocycles. The number of nitrogens with one attached hydrogen (secondary N) is 1. The van der Waals surface area contributed by atoms with Crippen molar-refractivity contribution >= 4 is 11.9 Å². The Morgan fingerprint density at radius 3 is 2.46 bits per heavy atom. The van der Waals surface area contributed by atoms with Crippen LogP contribution in [0.3, 0.4) is 0 Å². The molecular formula is C24H36FNO9. The van der Waals surface area contributed by atoms with Crippen molar-refractivity contribution in [3.8, 4) is 5.75 Å². The average Bonchev–Trinajstić information content (AvgIpc) is 2.85. The van der Waals surface area contributed by atoms with Gasteiger partial charge in [0.25, 0.3) is 5.91 Å². The smallest absolute Gasteiger partial charge is 0.305 e. The van der Waals surface area contributed by atoms with Crippen LogP contribution in [0.5, 0.6) is 5.75 Å². The fourth-order valence-corrected chi connectivity index (χ4v) is 3.95. The molecule has 10 nitrogen and oxygen atoms in total. The number of phenols is 1. The van der Waals surface area contributed by atoms with Crippen LogP contribution in [0.1, 0.15) is 55.3 Å². The van der Waals surface area contributed by atoms with Gasteiger partial charge in [0.1, 0.15) is 35.9 Å². The van der Waals surface area contributed by atoms with Crippen LogP contribution >= 0.6 is 0 Å². The number of ether oxygens (including phenoxy) is 4. The van der Waals surface area contributed by atoms with Crippen LogP contribution in [-0.4, -0.2) is 85.3 Å². The number of halogens is 1. The number of methoxy groups -OCH3 is 2. The molecule has 3 unspecified atom stereocenters. The molecule has 2 rings (SSSR count). The van der Waals surface area contributed by atoms with Gasteiger partial charge in [0.15, 0.2) is 6.29 Å². The first-order valence-corrected chi connectivity index (χ1v) is 11.8. The van der Waals surface area contributed by atoms with Gasteiger partial charge in [-0.25, -0.2) is 4.39 Å². The Morgan fingerprint density at radius 2 is 1.80 bits per heavy atom. The van der Waals surface area contributed by atoms with Gasteiger partial charge in [-0.15, -0.1) is 0 Å². The quantitative estimate of drug-likeness (QED) is 0.221. The van der Waals surface area contributed by atoms with Gasteiger partial charge in [-0.2, -0.15) is 0 Å². The van der Waals surface area contributed by atoms with Gasteiger partial charge < -0.3 is 39.6 Å². The van der Waals surface area contributed by atoms with Crippen molar-refractivity contribution < 1.29 is 48.2 Å². The van der Waals surface area contributed by atoms with Crippen molar-refractivity contribution in [1.29, 1.82) is 0 Å². The SMILES string of the molecule is COC(=O)CCCCCCCCO[C@@H]1OC(CO)[C@@H](O)C(OC)C1NC(=O)c1cc(F)ccc1O. The van der Waals surface area contributed by atoms with E-state index in [1.807, 2.05) is 0 Å². The molecule has 1 aromatic rings. The third-order valence-corrected chi connectivity index (χ3v) is 5.91. The van der Waals surface area contributed by atoms with Gasteiger partial charge >= 0.3 is 5.97 Å². The summed E-state index contributed by atoms with van der Waals surface area (Å²) in [6.45, 7) is -0.201. The number of phenolic OH excluding ortho intramolecular Hbond substituents is 1. The highest BCUT2D eigenvalue weighted by atomic mass is 19.1. The number of esters is 1. The normalized spacial score (nSPS) is 24.2. The monoisotopic (exact) mass is 501 g/mol. The number of rotatable bonds is 14. The molecule has 4 N–H and O–H groups in total. The zero-order valence-corrected chi connectivity index (χ0v) is 20.2. The van der Waals surface area contributed by atoms with Gasteiger partial charge in [0, 0.05) is 20.1 Å². The van der Waals surface area contributed by atoms with Crippen molar-refractivity contribution in [3.05, 3.63) is 29.6 Å². The van der Waals surface area contributed by atoms with Crippen molar-refractivity contribution in [2.24, 2.45) is 0 Å². The minimum Gasteiger partial charge on any atom is -0.507 e. The van der Waals surface area contributed by atoms with Crippen LogP contribution in [0.15, 0.2) is 18.2 Å². The summed E-state index contributed by atoms with van der Waals surface area (Å²) in [6.07, 6.45) is 1.32. The molecular weight excluding hydrogens is 465 g/mol. The van der Waals surface area contributed by atoms with Gasteiger partial charge in [-0.05, 0) is 31.0 Å². The van der Waals surface area contributed by atoms with E-state index >= 15 is 0 Å². The topological polar surface area (TPSA) is 144 Å². The third kappa shape index (κ3) is 8.69. The van der Waals surface area contributed by atoms with E-state index in [2.05, 4.69) is 10.1 Å². The van der Waals surface area contributed by atoms with Crippen LogP contribution in [0.2, 0.25) is 0 Å². The van der Waals surface area contributed by atoms with Gasteiger partial charge in [-0.3, -0.25) is 9.59 Å². The standard InChI is InChI=1S/C24H36FNO9/c1-32-19(29)9-7-5-3-4-6-8-12-34-24-20(22(33-2)21(30)18(14-27)35-24)26-23(31)16-13-15(25)10-11-17(16)28/h10-11,13,18,20-22,24,27-28,30H,3-9,12,14H2,1-2H3,(H,26,31)/t18?,20?,21-,22?,24-/m1/s1. The molecule has 0 bridgehead atoms. The van der Waals surface area contributed by atoms with E-state index in [4.69, 9.17) is 14.2 Å². The first-order chi connectivity index (χ1) is 16.8. The molecule has 0 radical (unpaired) electrons. The predicted octanol–water partition coefficient (Wildman–Crippen LogP) is 1.64. The van der Waals surface area contributed by atoms with Crippen LogP contribution in [-0.2, 0) is 23.7 Å². The van der Waals surface area contributed by atoms with Gasteiger partial charge in [0.05, 0.1) is 19.3 Å². The highest BCUT2D eigenvalue weighted by Crippen LogP contribution is 2.26. The molecule has 0 saturated carbocycles. The van der Waals surface area contributed by atoms with Crippen LogP contribution in [0.25, 0.3) is 0 Å². The number of aliphatic hydroxyl groups excluding tert-OH is 2. The Hall–Kier alpha value is -2.31. The highest BCUT2D eigenvalue weighted by molar-refractivity contribution is 5.97. The number of hydrogen-bond donors (Lipinski definition) is 4. The maximum Gasteiger partial charge on any atom is 0.305 e. The number of carbonyl (C=O) groups excluding carboxylic acids is 2. The Morgan fingerprint density at radius 1 is 1.11 bits per heavy atom. The summed E-state index contributed by atoms with van der Waals surface area (Å²) >= 11 is 0. The summed E-state index contributed by atoms with van der Waals surface area (Å²) in [6, 6.07) is 1.99. The van der Waals surface area contributed by atoms with E-state index in [0.717, 1.165) is 50.3 Å². The van der Waals surface area contributed by atoms with E-state index < -0.39 is 54.7 Å². The Bertz CT molecular complexity index is 809. The second-order valence-corrected chi connectivity index (χ2v) is 8.40. The Kier molecular flexibility index (Phi) is 12.4. The molecule has 1 saturated heterocycles. The first-order valence-electron chi connectivity index (χ1n) is 11.8.